The van der Waals surface area contributed by atoms with E-state index in [9.17, 15) is 14.0 Å². The van der Waals surface area contributed by atoms with Gasteiger partial charge in [-0.25, -0.2) is 4.39 Å². The maximum Gasteiger partial charge on any atom is 0.234 e. The first-order valence-electron chi connectivity index (χ1n) is 5.96. The van der Waals surface area contributed by atoms with Crippen LogP contribution >= 0.6 is 34.9 Å². The number of anilines is 1. The molecule has 0 saturated heterocycles. The van der Waals surface area contributed by atoms with Gasteiger partial charge < -0.3 is 11.1 Å². The zero-order valence-corrected chi connectivity index (χ0v) is 13.6. The average molecular weight is 358 g/mol. The summed E-state index contributed by atoms with van der Waals surface area (Å²) in [5.74, 6) is -0.836. The summed E-state index contributed by atoms with van der Waals surface area (Å²) in [6, 6.07) is 5.67. The number of amides is 2. The molecule has 0 radical (unpaired) electrons. The van der Waals surface area contributed by atoms with Gasteiger partial charge in [0.15, 0.2) is 8.68 Å². The van der Waals surface area contributed by atoms with Gasteiger partial charge in [-0.15, -0.1) is 10.2 Å². The third-order valence-corrected chi connectivity index (χ3v) is 5.37. The second kappa shape index (κ2) is 8.11. The van der Waals surface area contributed by atoms with Gasteiger partial charge >= 0.3 is 0 Å². The van der Waals surface area contributed by atoms with Gasteiger partial charge in [-0.1, -0.05) is 40.9 Å². The molecule has 0 saturated carbocycles. The molecule has 10 heteroatoms. The second-order valence-electron chi connectivity index (χ2n) is 3.94. The van der Waals surface area contributed by atoms with E-state index in [2.05, 4.69) is 15.5 Å². The lowest BCUT2D eigenvalue weighted by Crippen LogP contribution is -2.13. The molecule has 2 rings (SSSR count). The molecule has 2 aromatic rings. The van der Waals surface area contributed by atoms with E-state index in [1.807, 2.05) is 0 Å². The molecule has 0 aliphatic rings. The molecule has 22 heavy (non-hydrogen) atoms. The van der Waals surface area contributed by atoms with Crippen LogP contribution in [0.25, 0.3) is 0 Å². The molecule has 1 heterocycles. The van der Waals surface area contributed by atoms with Gasteiger partial charge in [-0.05, 0) is 18.2 Å². The summed E-state index contributed by atoms with van der Waals surface area (Å²) in [4.78, 5) is 22.4. The van der Waals surface area contributed by atoms with E-state index >= 15 is 0 Å². The quantitative estimate of drug-likeness (QED) is 0.735. The highest BCUT2D eigenvalue weighted by Crippen LogP contribution is 2.28. The van der Waals surface area contributed by atoms with Crippen molar-refractivity contribution in [2.45, 2.75) is 8.68 Å². The molecule has 0 spiro atoms. The van der Waals surface area contributed by atoms with E-state index in [-0.39, 0.29) is 17.4 Å². The fourth-order valence-electron chi connectivity index (χ4n) is 1.34. The summed E-state index contributed by atoms with van der Waals surface area (Å²) < 4.78 is 14.2. The SMILES string of the molecule is NC(=O)CSc1nnc(SCC(=O)Nc2cccc(F)c2)s1. The summed E-state index contributed by atoms with van der Waals surface area (Å²) in [7, 11) is 0. The zero-order valence-electron chi connectivity index (χ0n) is 11.1. The number of hydrogen-bond acceptors (Lipinski definition) is 7. The molecule has 0 atom stereocenters. The van der Waals surface area contributed by atoms with E-state index in [1.54, 1.807) is 6.07 Å². The van der Waals surface area contributed by atoms with Crippen LogP contribution in [-0.4, -0.2) is 33.5 Å². The van der Waals surface area contributed by atoms with Crippen LogP contribution in [-0.2, 0) is 9.59 Å². The number of benzene rings is 1. The number of rotatable bonds is 7. The minimum Gasteiger partial charge on any atom is -0.369 e. The molecular formula is C12H11FN4O2S3. The molecule has 0 unspecified atom stereocenters. The molecular weight excluding hydrogens is 347 g/mol. The summed E-state index contributed by atoms with van der Waals surface area (Å²) in [6.45, 7) is 0. The highest BCUT2D eigenvalue weighted by Gasteiger charge is 2.10. The molecule has 1 aromatic carbocycles. The van der Waals surface area contributed by atoms with Crippen molar-refractivity contribution < 1.29 is 14.0 Å². The van der Waals surface area contributed by atoms with Crippen molar-refractivity contribution in [1.29, 1.82) is 0 Å². The molecule has 3 N–H and O–H groups in total. The zero-order chi connectivity index (χ0) is 15.9. The number of carbonyl (C=O) groups excluding carboxylic acids is 2. The van der Waals surface area contributed by atoms with Crippen molar-refractivity contribution in [2.75, 3.05) is 16.8 Å². The van der Waals surface area contributed by atoms with Gasteiger partial charge in [0.2, 0.25) is 11.8 Å². The Hall–Kier alpha value is -1.65. The fraction of sp³-hybridized carbons (Fsp3) is 0.167. The first-order valence-corrected chi connectivity index (χ1v) is 8.74. The highest BCUT2D eigenvalue weighted by molar-refractivity contribution is 8.03. The maximum atomic E-state index is 13.0. The van der Waals surface area contributed by atoms with Gasteiger partial charge in [0.05, 0.1) is 11.5 Å². The van der Waals surface area contributed by atoms with Gasteiger partial charge in [-0.3, -0.25) is 9.59 Å². The Labute approximate surface area is 138 Å². The van der Waals surface area contributed by atoms with Crippen LogP contribution in [0.5, 0.6) is 0 Å². The summed E-state index contributed by atoms with van der Waals surface area (Å²) >= 11 is 3.70. The Morgan fingerprint density at radius 1 is 1.23 bits per heavy atom. The van der Waals surface area contributed by atoms with E-state index in [4.69, 9.17) is 5.73 Å². The standard InChI is InChI=1S/C12H11FN4O2S3/c13-7-2-1-3-8(4-7)15-10(19)6-21-12-17-16-11(22-12)20-5-9(14)18/h1-4H,5-6H2,(H2,14,18)(H,15,19). The molecule has 0 aliphatic heterocycles. The molecule has 0 fully saturated rings. The first kappa shape index (κ1) is 16.7. The minimum atomic E-state index is -0.427. The van der Waals surface area contributed by atoms with E-state index < -0.39 is 11.7 Å². The maximum absolute atomic E-state index is 13.0. The number of carbonyl (C=O) groups is 2. The Kier molecular flexibility index (Phi) is 6.16. The largest absolute Gasteiger partial charge is 0.369 e. The number of primary amides is 1. The third-order valence-electron chi connectivity index (χ3n) is 2.16. The predicted molar refractivity (Wildman–Crippen MR) is 85.6 cm³/mol. The molecule has 2 amide bonds. The van der Waals surface area contributed by atoms with Crippen LogP contribution in [0.1, 0.15) is 0 Å². The predicted octanol–water partition coefficient (Wildman–Crippen LogP) is 1.99. The van der Waals surface area contributed by atoms with Crippen LogP contribution in [0.3, 0.4) is 0 Å². The highest BCUT2D eigenvalue weighted by atomic mass is 32.2. The van der Waals surface area contributed by atoms with Gasteiger partial charge in [-0.2, -0.15) is 0 Å². The van der Waals surface area contributed by atoms with Gasteiger partial charge in [0.25, 0.3) is 0 Å². The van der Waals surface area contributed by atoms with E-state index in [1.165, 1.54) is 53.1 Å². The van der Waals surface area contributed by atoms with Crippen molar-refractivity contribution in [1.82, 2.24) is 10.2 Å². The normalized spacial score (nSPS) is 10.4. The number of nitrogens with zero attached hydrogens (tertiary/aromatic N) is 2. The molecule has 1 aromatic heterocycles. The van der Waals surface area contributed by atoms with Crippen molar-refractivity contribution in [2.24, 2.45) is 5.73 Å². The van der Waals surface area contributed by atoms with Crippen molar-refractivity contribution in [3.05, 3.63) is 30.1 Å². The topological polar surface area (TPSA) is 98.0 Å². The van der Waals surface area contributed by atoms with Gasteiger partial charge in [0, 0.05) is 5.69 Å². The molecule has 0 aliphatic carbocycles. The van der Waals surface area contributed by atoms with Crippen LogP contribution in [0.4, 0.5) is 10.1 Å². The summed E-state index contributed by atoms with van der Waals surface area (Å²) in [5, 5.41) is 10.4. The second-order valence-corrected chi connectivity index (χ2v) is 7.36. The van der Waals surface area contributed by atoms with E-state index in [0.29, 0.717) is 14.4 Å². The monoisotopic (exact) mass is 358 g/mol. The number of thioether (sulfide) groups is 2. The van der Waals surface area contributed by atoms with Crippen LogP contribution < -0.4 is 11.1 Å². The number of aromatic nitrogens is 2. The lowest BCUT2D eigenvalue weighted by molar-refractivity contribution is -0.115. The van der Waals surface area contributed by atoms with Crippen LogP contribution in [0.15, 0.2) is 32.9 Å². The molecule has 6 nitrogen and oxygen atoms in total. The van der Waals surface area contributed by atoms with Crippen LogP contribution in [0, 0.1) is 5.82 Å². The Morgan fingerprint density at radius 2 is 1.91 bits per heavy atom. The Morgan fingerprint density at radius 3 is 2.55 bits per heavy atom. The minimum absolute atomic E-state index is 0.131. The van der Waals surface area contributed by atoms with Crippen molar-refractivity contribution >= 4 is 52.4 Å². The smallest absolute Gasteiger partial charge is 0.234 e. The average Bonchev–Trinajstić information content (AvgIpc) is 2.91. The summed E-state index contributed by atoms with van der Waals surface area (Å²) in [6.07, 6.45) is 0. The number of halogens is 1. The number of nitrogens with one attached hydrogen (secondary N) is 1. The lowest BCUT2D eigenvalue weighted by Gasteiger charge is -2.03. The molecule has 116 valence electrons. The van der Waals surface area contributed by atoms with Crippen molar-refractivity contribution in [3.63, 3.8) is 0 Å². The summed E-state index contributed by atoms with van der Waals surface area (Å²) in [5.41, 5.74) is 5.44. The molecule has 0 bridgehead atoms. The fourth-order valence-corrected chi connectivity index (χ4v) is 3.90. The number of hydrogen-bond donors (Lipinski definition) is 2. The van der Waals surface area contributed by atoms with Crippen molar-refractivity contribution in [3.8, 4) is 0 Å². The van der Waals surface area contributed by atoms with Gasteiger partial charge in [0.1, 0.15) is 5.82 Å². The lowest BCUT2D eigenvalue weighted by atomic mass is 10.3. The Bertz CT molecular complexity index is 680. The van der Waals surface area contributed by atoms with Crippen LogP contribution in [0.2, 0.25) is 0 Å². The van der Waals surface area contributed by atoms with E-state index in [0.717, 1.165) is 0 Å². The Balaban J connectivity index is 1.80. The first-order chi connectivity index (χ1) is 10.5. The number of nitrogens with two attached hydrogens (primary N) is 1. The third kappa shape index (κ3) is 5.62.